The Bertz CT molecular complexity index is 875. The van der Waals surface area contributed by atoms with Gasteiger partial charge in [-0.25, -0.2) is 0 Å². The van der Waals surface area contributed by atoms with Crippen molar-refractivity contribution in [2.75, 3.05) is 14.2 Å². The van der Waals surface area contributed by atoms with Gasteiger partial charge in [0, 0.05) is 18.2 Å². The molecule has 2 aromatic rings. The number of nitrogens with zero attached hydrogens (tertiary/aromatic N) is 1. The fourth-order valence-electron chi connectivity index (χ4n) is 2.48. The van der Waals surface area contributed by atoms with Crippen molar-refractivity contribution in [2.24, 2.45) is 5.16 Å². The Morgan fingerprint density at radius 1 is 1.22 bits per heavy atom. The summed E-state index contributed by atoms with van der Waals surface area (Å²) in [7, 11) is 2.96. The molecule has 0 bridgehead atoms. The number of benzene rings is 2. The molecule has 2 aromatic carbocycles. The summed E-state index contributed by atoms with van der Waals surface area (Å²) in [5, 5.41) is 6.45. The van der Waals surface area contributed by atoms with Gasteiger partial charge in [-0.3, -0.25) is 4.79 Å². The van der Waals surface area contributed by atoms with Gasteiger partial charge >= 0.3 is 0 Å². The number of amides is 1. The number of carbonyl (C=O) groups excluding carboxylic acids is 1. The van der Waals surface area contributed by atoms with Crippen LogP contribution in [-0.2, 0) is 16.2 Å². The molecule has 0 radical (unpaired) electrons. The number of nitrogens with one attached hydrogen (secondary N) is 1. The van der Waals surface area contributed by atoms with E-state index in [4.69, 9.17) is 9.57 Å². The summed E-state index contributed by atoms with van der Waals surface area (Å²) in [6, 6.07) is 13.4. The third-order valence-corrected chi connectivity index (χ3v) is 4.17. The molecule has 0 aliphatic rings. The lowest BCUT2D eigenvalue weighted by Crippen LogP contribution is -2.29. The SMILES string of the molecule is CNC(=O)/C(=N/OC)c1ccccc1COc1ccc(C)cc1C=C(Br)Br. The van der Waals surface area contributed by atoms with Crippen LogP contribution in [0.3, 0.4) is 0 Å². The number of ether oxygens (including phenoxy) is 1. The molecule has 0 aliphatic heterocycles. The molecule has 2 rings (SSSR count). The predicted octanol–water partition coefficient (Wildman–Crippen LogP) is 4.76. The highest BCUT2D eigenvalue weighted by Crippen LogP contribution is 2.27. The summed E-state index contributed by atoms with van der Waals surface area (Å²) in [4.78, 5) is 17.0. The van der Waals surface area contributed by atoms with E-state index in [-0.39, 0.29) is 18.2 Å². The van der Waals surface area contributed by atoms with Gasteiger partial charge < -0.3 is 14.9 Å². The van der Waals surface area contributed by atoms with Gasteiger partial charge in [-0.2, -0.15) is 0 Å². The molecule has 27 heavy (non-hydrogen) atoms. The molecule has 0 atom stereocenters. The second-order valence-electron chi connectivity index (χ2n) is 5.62. The average Bonchev–Trinajstić information content (AvgIpc) is 2.65. The summed E-state index contributed by atoms with van der Waals surface area (Å²) in [5.41, 5.74) is 3.75. The van der Waals surface area contributed by atoms with E-state index in [1.165, 1.54) is 7.11 Å². The van der Waals surface area contributed by atoms with Crippen LogP contribution in [-0.4, -0.2) is 25.8 Å². The molecule has 0 aliphatic carbocycles. The quantitative estimate of drug-likeness (QED) is 0.445. The second-order valence-corrected chi connectivity index (χ2v) is 8.40. The van der Waals surface area contributed by atoms with Gasteiger partial charge in [0.25, 0.3) is 5.91 Å². The summed E-state index contributed by atoms with van der Waals surface area (Å²) in [6.45, 7) is 2.30. The third kappa shape index (κ3) is 5.94. The van der Waals surface area contributed by atoms with E-state index in [0.717, 1.165) is 25.8 Å². The van der Waals surface area contributed by atoms with Crippen LogP contribution >= 0.6 is 31.9 Å². The first-order valence-corrected chi connectivity index (χ1v) is 9.72. The van der Waals surface area contributed by atoms with Crippen molar-refractivity contribution >= 4 is 49.6 Å². The highest BCUT2D eigenvalue weighted by molar-refractivity contribution is 9.28. The van der Waals surface area contributed by atoms with Crippen LogP contribution in [0.5, 0.6) is 5.75 Å². The number of rotatable bonds is 7. The number of hydrogen-bond acceptors (Lipinski definition) is 4. The lowest BCUT2D eigenvalue weighted by atomic mass is 10.0. The Labute approximate surface area is 175 Å². The molecule has 1 amide bonds. The fraction of sp³-hybridized carbons (Fsp3) is 0.200. The van der Waals surface area contributed by atoms with Crippen molar-refractivity contribution in [1.29, 1.82) is 0 Å². The number of aryl methyl sites for hydroxylation is 1. The largest absolute Gasteiger partial charge is 0.488 e. The van der Waals surface area contributed by atoms with Gasteiger partial charge in [0.2, 0.25) is 0 Å². The van der Waals surface area contributed by atoms with E-state index >= 15 is 0 Å². The molecule has 0 fully saturated rings. The van der Waals surface area contributed by atoms with Gasteiger partial charge in [-0.15, -0.1) is 0 Å². The highest BCUT2D eigenvalue weighted by Gasteiger charge is 2.17. The maximum atomic E-state index is 12.2. The van der Waals surface area contributed by atoms with Crippen molar-refractivity contribution < 1.29 is 14.4 Å². The van der Waals surface area contributed by atoms with E-state index < -0.39 is 0 Å². The maximum absolute atomic E-state index is 12.2. The maximum Gasteiger partial charge on any atom is 0.273 e. The first-order chi connectivity index (χ1) is 13.0. The molecular weight excluding hydrogens is 476 g/mol. The number of carbonyl (C=O) groups is 1. The second kappa shape index (κ2) is 10.3. The molecule has 1 N–H and O–H groups in total. The van der Waals surface area contributed by atoms with Gasteiger partial charge in [0.15, 0.2) is 5.71 Å². The van der Waals surface area contributed by atoms with Crippen molar-refractivity contribution in [1.82, 2.24) is 5.32 Å². The average molecular weight is 496 g/mol. The van der Waals surface area contributed by atoms with Crippen LogP contribution in [0.4, 0.5) is 0 Å². The number of likely N-dealkylation sites (N-methyl/N-ethyl adjacent to an activating group) is 1. The summed E-state index contributed by atoms with van der Waals surface area (Å²) < 4.78 is 6.87. The van der Waals surface area contributed by atoms with E-state index in [9.17, 15) is 4.79 Å². The van der Waals surface area contributed by atoms with Crippen LogP contribution < -0.4 is 10.1 Å². The van der Waals surface area contributed by atoms with Gasteiger partial charge in [-0.05, 0) is 62.6 Å². The lowest BCUT2D eigenvalue weighted by molar-refractivity contribution is -0.114. The smallest absolute Gasteiger partial charge is 0.273 e. The Morgan fingerprint density at radius 2 is 1.96 bits per heavy atom. The molecule has 0 heterocycles. The van der Waals surface area contributed by atoms with Crippen molar-refractivity contribution in [3.63, 3.8) is 0 Å². The fourth-order valence-corrected chi connectivity index (χ4v) is 2.98. The Kier molecular flexibility index (Phi) is 8.06. The first kappa shape index (κ1) is 21.2. The highest BCUT2D eigenvalue weighted by atomic mass is 79.9. The molecule has 0 spiro atoms. The number of halogens is 2. The Hall–Kier alpha value is -2.12. The van der Waals surface area contributed by atoms with Crippen LogP contribution in [0.25, 0.3) is 6.08 Å². The van der Waals surface area contributed by atoms with E-state index in [1.807, 2.05) is 55.5 Å². The van der Waals surface area contributed by atoms with E-state index in [2.05, 4.69) is 42.3 Å². The molecule has 0 aromatic heterocycles. The first-order valence-electron chi connectivity index (χ1n) is 8.14. The van der Waals surface area contributed by atoms with Gasteiger partial charge in [0.1, 0.15) is 19.5 Å². The molecular formula is C20H20Br2N2O3. The lowest BCUT2D eigenvalue weighted by Gasteiger charge is -2.14. The van der Waals surface area contributed by atoms with Crippen LogP contribution in [0.15, 0.2) is 51.0 Å². The van der Waals surface area contributed by atoms with Gasteiger partial charge in [-0.1, -0.05) is 41.1 Å². The minimum atomic E-state index is -0.327. The van der Waals surface area contributed by atoms with Crippen LogP contribution in [0.1, 0.15) is 22.3 Å². The van der Waals surface area contributed by atoms with Crippen molar-refractivity contribution in [3.05, 3.63) is 68.1 Å². The normalized spacial score (nSPS) is 10.9. The minimum Gasteiger partial charge on any atom is -0.488 e. The van der Waals surface area contributed by atoms with Gasteiger partial charge in [0.05, 0.1) is 3.39 Å². The zero-order valence-electron chi connectivity index (χ0n) is 15.3. The summed E-state index contributed by atoms with van der Waals surface area (Å²) in [6.07, 6.45) is 1.93. The summed E-state index contributed by atoms with van der Waals surface area (Å²) in [5.74, 6) is 0.406. The molecule has 5 nitrogen and oxygen atoms in total. The predicted molar refractivity (Wildman–Crippen MR) is 115 cm³/mol. The minimum absolute atomic E-state index is 0.200. The van der Waals surface area contributed by atoms with Crippen LogP contribution in [0, 0.1) is 6.92 Å². The van der Waals surface area contributed by atoms with Crippen molar-refractivity contribution in [3.8, 4) is 5.75 Å². The summed E-state index contributed by atoms with van der Waals surface area (Å²) >= 11 is 6.77. The van der Waals surface area contributed by atoms with E-state index in [0.29, 0.717) is 5.56 Å². The molecule has 142 valence electrons. The molecule has 0 saturated carbocycles. The number of oxime groups is 1. The zero-order chi connectivity index (χ0) is 19.8. The molecule has 0 unspecified atom stereocenters. The zero-order valence-corrected chi connectivity index (χ0v) is 18.4. The van der Waals surface area contributed by atoms with E-state index in [1.54, 1.807) is 7.05 Å². The standard InChI is InChI=1S/C20H20Br2N2O3/c1-13-8-9-17(15(10-13)11-18(21)22)27-12-14-6-4-5-7-16(14)19(24-26-3)20(25)23-2/h4-11H,12H2,1-3H3,(H,23,25)/b24-19+. The third-order valence-electron chi connectivity index (χ3n) is 3.71. The molecule has 7 heteroatoms. The number of hydrogen-bond donors (Lipinski definition) is 1. The Morgan fingerprint density at radius 3 is 2.63 bits per heavy atom. The molecule has 0 saturated heterocycles. The monoisotopic (exact) mass is 494 g/mol. The Balaban J connectivity index is 2.34. The van der Waals surface area contributed by atoms with Crippen molar-refractivity contribution in [2.45, 2.75) is 13.5 Å². The topological polar surface area (TPSA) is 59.9 Å². The van der Waals surface area contributed by atoms with Crippen LogP contribution in [0.2, 0.25) is 0 Å².